The number of carbonyl (C=O) groups excluding carboxylic acids is 1. The van der Waals surface area contributed by atoms with Crippen LogP contribution in [0.15, 0.2) is 48.9 Å². The second-order valence-corrected chi connectivity index (χ2v) is 9.63. The summed E-state index contributed by atoms with van der Waals surface area (Å²) < 4.78 is 7.31. The van der Waals surface area contributed by atoms with Crippen LogP contribution in [0.2, 0.25) is 0 Å². The predicted octanol–water partition coefficient (Wildman–Crippen LogP) is 2.45. The third-order valence-corrected chi connectivity index (χ3v) is 8.02. The summed E-state index contributed by atoms with van der Waals surface area (Å²) in [6.45, 7) is 8.94. The van der Waals surface area contributed by atoms with Crippen LogP contribution in [0.4, 0.5) is 10.5 Å². The van der Waals surface area contributed by atoms with Crippen molar-refractivity contribution >= 4 is 11.8 Å². The van der Waals surface area contributed by atoms with Gasteiger partial charge < -0.3 is 4.74 Å². The number of fused-ring (bicyclic) bond motifs is 4. The fourth-order valence-electron chi connectivity index (χ4n) is 6.23. The first-order chi connectivity index (χ1) is 17.1. The summed E-state index contributed by atoms with van der Waals surface area (Å²) in [6.07, 6.45) is 5.29. The molecule has 1 aromatic carbocycles. The number of nitrogens with zero attached hydrogens (tertiary/aromatic N) is 8. The summed E-state index contributed by atoms with van der Waals surface area (Å²) in [6, 6.07) is 12.5. The van der Waals surface area contributed by atoms with Crippen LogP contribution in [0, 0.1) is 29.7 Å². The quantitative estimate of drug-likeness (QED) is 0.546. The zero-order valence-electron chi connectivity index (χ0n) is 18.7. The molecule has 7 rings (SSSR count). The van der Waals surface area contributed by atoms with E-state index in [1.165, 1.54) is 0 Å². The molecule has 3 aliphatic heterocycles. The second kappa shape index (κ2) is 7.03. The number of benzene rings is 1. The molecular formula is C25H20N8O2. The van der Waals surface area contributed by atoms with Crippen molar-refractivity contribution in [3.8, 4) is 17.2 Å². The molecule has 0 bridgehead atoms. The van der Waals surface area contributed by atoms with Crippen LogP contribution < -0.4 is 4.90 Å². The van der Waals surface area contributed by atoms with Gasteiger partial charge >= 0.3 is 6.09 Å². The van der Waals surface area contributed by atoms with Crippen molar-refractivity contribution in [2.75, 3.05) is 18.0 Å². The van der Waals surface area contributed by atoms with E-state index in [-0.39, 0.29) is 30.1 Å². The molecule has 4 aliphatic rings. The lowest BCUT2D eigenvalue weighted by Crippen LogP contribution is -2.35. The average molecular weight is 464 g/mol. The summed E-state index contributed by atoms with van der Waals surface area (Å²) in [5.41, 5.74) is 4.19. The lowest BCUT2D eigenvalue weighted by molar-refractivity contribution is 0.117. The Labute approximate surface area is 201 Å². The van der Waals surface area contributed by atoms with Gasteiger partial charge in [0.15, 0.2) is 0 Å². The number of cyclic esters (lactones) is 1. The van der Waals surface area contributed by atoms with Crippen LogP contribution >= 0.6 is 0 Å². The van der Waals surface area contributed by atoms with Crippen LogP contribution in [0.1, 0.15) is 11.3 Å². The lowest BCUT2D eigenvalue weighted by atomic mass is 9.95. The number of aromatic nitrogens is 4. The van der Waals surface area contributed by atoms with E-state index in [1.807, 2.05) is 30.5 Å². The fraction of sp³-hybridized carbons (Fsp3) is 0.360. The van der Waals surface area contributed by atoms with Gasteiger partial charge in [0.05, 0.1) is 49.3 Å². The second-order valence-electron chi connectivity index (χ2n) is 9.63. The van der Waals surface area contributed by atoms with Crippen molar-refractivity contribution in [3.05, 3.63) is 71.7 Å². The van der Waals surface area contributed by atoms with Crippen molar-refractivity contribution in [2.45, 2.75) is 30.5 Å². The highest BCUT2D eigenvalue weighted by Gasteiger charge is 2.72. The molecule has 10 nitrogen and oxygen atoms in total. The normalized spacial score (nSPS) is 29.7. The molecule has 1 saturated carbocycles. The maximum absolute atomic E-state index is 12.6. The summed E-state index contributed by atoms with van der Waals surface area (Å²) in [5, 5.41) is 19.5. The number of rotatable bonds is 4. The largest absolute Gasteiger partial charge is 0.442 e. The highest BCUT2D eigenvalue weighted by atomic mass is 16.6. The minimum absolute atomic E-state index is 0.0720. The number of pyridine rings is 1. The van der Waals surface area contributed by atoms with E-state index < -0.39 is 5.41 Å². The number of amides is 1. The average Bonchev–Trinajstić information content (AvgIpc) is 3.47. The Balaban J connectivity index is 1.12. The predicted molar refractivity (Wildman–Crippen MR) is 122 cm³/mol. The molecule has 2 aromatic heterocycles. The van der Waals surface area contributed by atoms with Gasteiger partial charge in [0.25, 0.3) is 0 Å². The molecule has 0 radical (unpaired) electrons. The van der Waals surface area contributed by atoms with E-state index in [1.54, 1.807) is 27.0 Å². The van der Waals surface area contributed by atoms with Gasteiger partial charge in [0, 0.05) is 29.8 Å². The Kier molecular flexibility index (Phi) is 4.01. The van der Waals surface area contributed by atoms with Gasteiger partial charge in [0.1, 0.15) is 11.5 Å². The number of ether oxygens (including phenoxy) is 1. The molecular weight excluding hydrogens is 444 g/mol. The Bertz CT molecular complexity index is 1410. The van der Waals surface area contributed by atoms with Crippen LogP contribution in [0.3, 0.4) is 0 Å². The van der Waals surface area contributed by atoms with E-state index in [0.717, 1.165) is 28.1 Å². The number of carbonyl (C=O) groups is 1. The minimum atomic E-state index is -0.568. The number of hydrogen-bond donors (Lipinski definition) is 0. The van der Waals surface area contributed by atoms with E-state index in [9.17, 15) is 10.1 Å². The van der Waals surface area contributed by atoms with Crippen LogP contribution in [-0.4, -0.2) is 56.3 Å². The fourth-order valence-corrected chi connectivity index (χ4v) is 6.23. The first-order valence-electron chi connectivity index (χ1n) is 11.6. The van der Waals surface area contributed by atoms with Gasteiger partial charge in [-0.25, -0.2) is 9.48 Å². The van der Waals surface area contributed by atoms with E-state index in [4.69, 9.17) is 16.3 Å². The van der Waals surface area contributed by atoms with Gasteiger partial charge in [-0.05, 0) is 35.7 Å². The van der Waals surface area contributed by atoms with Crippen molar-refractivity contribution < 1.29 is 9.53 Å². The van der Waals surface area contributed by atoms with Crippen LogP contribution in [0.25, 0.3) is 16.1 Å². The van der Waals surface area contributed by atoms with Gasteiger partial charge in [-0.3, -0.25) is 9.88 Å². The van der Waals surface area contributed by atoms with Gasteiger partial charge in [-0.1, -0.05) is 17.3 Å². The molecule has 5 atom stereocenters. The lowest BCUT2D eigenvalue weighted by Gasteiger charge is -2.16. The Morgan fingerprint density at radius 3 is 2.74 bits per heavy atom. The van der Waals surface area contributed by atoms with Crippen molar-refractivity contribution in [1.29, 1.82) is 5.26 Å². The van der Waals surface area contributed by atoms with E-state index >= 15 is 0 Å². The van der Waals surface area contributed by atoms with Crippen LogP contribution in [-0.2, 0) is 23.1 Å². The summed E-state index contributed by atoms with van der Waals surface area (Å²) in [5.74, 6) is 0.359. The molecule has 172 valence electrons. The SMILES string of the molecule is [C-]#[N+]N1C[C@@H]2[C@H](C1)[C@@]2(C#N)c1ccc(-c2ccc3c(c2)C[C@H]2[C@H](Cn4ccnn4)OC(=O)N32)cn1. The third-order valence-electron chi connectivity index (χ3n) is 8.02. The van der Waals surface area contributed by atoms with Gasteiger partial charge in [0.2, 0.25) is 0 Å². The molecule has 10 heteroatoms. The highest BCUT2D eigenvalue weighted by molar-refractivity contribution is 5.94. The zero-order chi connectivity index (χ0) is 23.7. The number of nitriles is 1. The minimum Gasteiger partial charge on any atom is -0.442 e. The summed E-state index contributed by atoms with van der Waals surface area (Å²) in [4.78, 5) is 22.5. The molecule has 0 spiro atoms. The summed E-state index contributed by atoms with van der Waals surface area (Å²) in [7, 11) is 0. The zero-order valence-corrected chi connectivity index (χ0v) is 18.7. The van der Waals surface area contributed by atoms with Gasteiger partial charge in [-0.15, -0.1) is 10.1 Å². The molecule has 3 aromatic rings. The molecule has 0 N–H and O–H groups in total. The first kappa shape index (κ1) is 20.0. The molecule has 0 unspecified atom stereocenters. The first-order valence-corrected chi connectivity index (χ1v) is 11.6. The number of anilines is 1. The molecule has 5 heterocycles. The molecule has 2 saturated heterocycles. The number of piperidine rings is 1. The maximum atomic E-state index is 12.6. The van der Waals surface area contributed by atoms with Crippen molar-refractivity contribution in [2.24, 2.45) is 11.8 Å². The van der Waals surface area contributed by atoms with Crippen molar-refractivity contribution in [3.63, 3.8) is 0 Å². The standard InChI is InChI=1S/C25H20N8O2/c1-27-32-11-18-19(12-32)25(18,14-26)23-5-3-16(10-28-23)15-2-4-20-17(8-15)9-21-22(35-24(34)33(20)21)13-31-7-6-29-30-31/h2-8,10,18-19,21-22H,9,11-13H2/t18-,19+,21-,22-,25+/m0/s1. The smallest absolute Gasteiger partial charge is 0.415 e. The highest BCUT2D eigenvalue weighted by Crippen LogP contribution is 2.62. The van der Waals surface area contributed by atoms with E-state index in [2.05, 4.69) is 27.4 Å². The number of hydrogen-bond acceptors (Lipinski definition) is 7. The monoisotopic (exact) mass is 464 g/mol. The molecule has 35 heavy (non-hydrogen) atoms. The topological polar surface area (TPSA) is 105 Å². The molecule has 1 aliphatic carbocycles. The maximum Gasteiger partial charge on any atom is 0.415 e. The molecule has 3 fully saturated rings. The Morgan fingerprint density at radius 2 is 2.06 bits per heavy atom. The Hall–Kier alpha value is -4.44. The van der Waals surface area contributed by atoms with Crippen LogP contribution in [0.5, 0.6) is 0 Å². The van der Waals surface area contributed by atoms with Gasteiger partial charge in [-0.2, -0.15) is 16.8 Å². The third kappa shape index (κ3) is 2.74. The van der Waals surface area contributed by atoms with E-state index in [0.29, 0.717) is 26.1 Å². The van der Waals surface area contributed by atoms with Crippen molar-refractivity contribution in [1.82, 2.24) is 25.0 Å². The molecule has 1 amide bonds. The Morgan fingerprint density at radius 1 is 1.23 bits per heavy atom. The summed E-state index contributed by atoms with van der Waals surface area (Å²) >= 11 is 0.